The summed E-state index contributed by atoms with van der Waals surface area (Å²) in [7, 11) is 0. The molecule has 1 aromatic rings. The second kappa shape index (κ2) is 3.78. The van der Waals surface area contributed by atoms with Crippen LogP contribution >= 0.6 is 15.9 Å². The van der Waals surface area contributed by atoms with Crippen molar-refractivity contribution in [1.29, 1.82) is 0 Å². The average Bonchev–Trinajstić information content (AvgIpc) is 2.53. The van der Waals surface area contributed by atoms with Gasteiger partial charge in [-0.1, -0.05) is 35.0 Å². The summed E-state index contributed by atoms with van der Waals surface area (Å²) in [4.78, 5) is 0. The van der Waals surface area contributed by atoms with Crippen LogP contribution in [0.2, 0.25) is 0 Å². The highest BCUT2D eigenvalue weighted by atomic mass is 79.9. The maximum atomic E-state index is 3.43. The van der Waals surface area contributed by atoms with E-state index in [-0.39, 0.29) is 0 Å². The minimum absolute atomic E-state index is 0.452. The van der Waals surface area contributed by atoms with E-state index in [9.17, 15) is 0 Å². The minimum Gasteiger partial charge on any atom is -0.257 e. The summed E-state index contributed by atoms with van der Waals surface area (Å²) in [5.41, 5.74) is 7.80. The van der Waals surface area contributed by atoms with Crippen LogP contribution in [0.1, 0.15) is 18.5 Å². The minimum atomic E-state index is 0.452. The van der Waals surface area contributed by atoms with Gasteiger partial charge in [0.2, 0.25) is 0 Å². The monoisotopic (exact) mass is 240 g/mol. The number of halogens is 1. The molecule has 2 rings (SSSR count). The Kier molecular flexibility index (Phi) is 2.67. The van der Waals surface area contributed by atoms with Crippen LogP contribution in [0.5, 0.6) is 0 Å². The molecular weight excluding hydrogens is 228 g/mol. The number of hydrogen-bond donors (Lipinski definition) is 2. The third-order valence-electron chi connectivity index (χ3n) is 2.48. The summed E-state index contributed by atoms with van der Waals surface area (Å²) in [6.45, 7) is 3.29. The van der Waals surface area contributed by atoms with Crippen molar-refractivity contribution < 1.29 is 0 Å². The summed E-state index contributed by atoms with van der Waals surface area (Å²) in [5.74, 6) is 0.654. The van der Waals surface area contributed by atoms with Crippen molar-refractivity contribution in [3.8, 4) is 0 Å². The van der Waals surface area contributed by atoms with Crippen LogP contribution in [-0.2, 0) is 0 Å². The molecule has 1 aromatic carbocycles. The van der Waals surface area contributed by atoms with Crippen LogP contribution in [0, 0.1) is 5.92 Å². The van der Waals surface area contributed by atoms with E-state index < -0.39 is 0 Å². The molecule has 13 heavy (non-hydrogen) atoms. The van der Waals surface area contributed by atoms with E-state index in [1.807, 2.05) is 0 Å². The molecule has 0 radical (unpaired) electrons. The standard InChI is InChI=1S/C10H13BrN2/c1-7-6-12-13-10(7)8-2-4-9(11)5-3-8/h2-5,7,10,12-13H,6H2,1H3. The first-order valence-electron chi connectivity index (χ1n) is 4.51. The molecule has 1 aliphatic rings. The molecule has 70 valence electrons. The quantitative estimate of drug-likeness (QED) is 0.787. The lowest BCUT2D eigenvalue weighted by Gasteiger charge is -2.14. The summed E-state index contributed by atoms with van der Waals surface area (Å²) >= 11 is 3.43. The third-order valence-corrected chi connectivity index (χ3v) is 3.01. The van der Waals surface area contributed by atoms with Crippen molar-refractivity contribution in [1.82, 2.24) is 10.9 Å². The Bertz CT molecular complexity index is 283. The van der Waals surface area contributed by atoms with Crippen LogP contribution < -0.4 is 10.9 Å². The molecule has 2 unspecified atom stereocenters. The van der Waals surface area contributed by atoms with Gasteiger partial charge in [0, 0.05) is 11.0 Å². The van der Waals surface area contributed by atoms with Gasteiger partial charge in [-0.15, -0.1) is 0 Å². The normalized spacial score (nSPS) is 27.8. The summed E-state index contributed by atoms with van der Waals surface area (Å²) in [5, 5.41) is 0. The Morgan fingerprint density at radius 2 is 2.00 bits per heavy atom. The van der Waals surface area contributed by atoms with E-state index >= 15 is 0 Å². The fourth-order valence-corrected chi connectivity index (χ4v) is 1.94. The molecule has 0 aromatic heterocycles. The van der Waals surface area contributed by atoms with Gasteiger partial charge in [0.15, 0.2) is 0 Å². The first-order chi connectivity index (χ1) is 6.27. The molecule has 1 fully saturated rings. The Hall–Kier alpha value is -0.380. The molecule has 1 aliphatic heterocycles. The lowest BCUT2D eigenvalue weighted by molar-refractivity contribution is 0.508. The topological polar surface area (TPSA) is 24.1 Å². The Labute approximate surface area is 86.8 Å². The van der Waals surface area contributed by atoms with Gasteiger partial charge in [0.1, 0.15) is 0 Å². The van der Waals surface area contributed by atoms with Gasteiger partial charge < -0.3 is 0 Å². The first kappa shape index (κ1) is 9.19. The van der Waals surface area contributed by atoms with E-state index in [1.54, 1.807) is 0 Å². The molecule has 3 heteroatoms. The van der Waals surface area contributed by atoms with Crippen molar-refractivity contribution in [2.24, 2.45) is 5.92 Å². The van der Waals surface area contributed by atoms with Gasteiger partial charge in [-0.25, -0.2) is 0 Å². The van der Waals surface area contributed by atoms with Crippen molar-refractivity contribution >= 4 is 15.9 Å². The molecule has 0 saturated carbocycles. The van der Waals surface area contributed by atoms with Crippen molar-refractivity contribution in [3.63, 3.8) is 0 Å². The van der Waals surface area contributed by atoms with Gasteiger partial charge in [0.05, 0.1) is 6.04 Å². The van der Waals surface area contributed by atoms with Crippen LogP contribution in [-0.4, -0.2) is 6.54 Å². The van der Waals surface area contributed by atoms with Crippen molar-refractivity contribution in [3.05, 3.63) is 34.3 Å². The van der Waals surface area contributed by atoms with Crippen molar-refractivity contribution in [2.45, 2.75) is 13.0 Å². The molecule has 0 bridgehead atoms. The summed E-state index contributed by atoms with van der Waals surface area (Å²) in [6.07, 6.45) is 0. The average molecular weight is 241 g/mol. The molecular formula is C10H13BrN2. The maximum absolute atomic E-state index is 3.43. The molecule has 0 spiro atoms. The highest BCUT2D eigenvalue weighted by Gasteiger charge is 2.23. The molecule has 1 saturated heterocycles. The van der Waals surface area contributed by atoms with Crippen LogP contribution in [0.3, 0.4) is 0 Å². The number of hydrogen-bond acceptors (Lipinski definition) is 2. The molecule has 2 N–H and O–H groups in total. The maximum Gasteiger partial charge on any atom is 0.0500 e. The highest BCUT2D eigenvalue weighted by Crippen LogP contribution is 2.25. The third kappa shape index (κ3) is 1.93. The zero-order valence-corrected chi connectivity index (χ0v) is 9.14. The van der Waals surface area contributed by atoms with Gasteiger partial charge in [-0.05, 0) is 23.6 Å². The van der Waals surface area contributed by atoms with E-state index in [0.717, 1.165) is 11.0 Å². The Balaban J connectivity index is 2.20. The van der Waals surface area contributed by atoms with Gasteiger partial charge >= 0.3 is 0 Å². The first-order valence-corrected chi connectivity index (χ1v) is 5.30. The fourth-order valence-electron chi connectivity index (χ4n) is 1.67. The molecule has 0 amide bonds. The molecule has 2 nitrogen and oxygen atoms in total. The number of hydrazine groups is 1. The number of benzene rings is 1. The van der Waals surface area contributed by atoms with Crippen LogP contribution in [0.4, 0.5) is 0 Å². The van der Waals surface area contributed by atoms with Gasteiger partial charge in [-0.3, -0.25) is 10.9 Å². The SMILES string of the molecule is CC1CNNC1c1ccc(Br)cc1. The summed E-state index contributed by atoms with van der Waals surface area (Å²) in [6, 6.07) is 8.94. The van der Waals surface area contributed by atoms with E-state index in [2.05, 4.69) is 58.0 Å². The van der Waals surface area contributed by atoms with E-state index in [0.29, 0.717) is 12.0 Å². The second-order valence-electron chi connectivity index (χ2n) is 3.53. The number of nitrogens with one attached hydrogen (secondary N) is 2. The fraction of sp³-hybridized carbons (Fsp3) is 0.400. The highest BCUT2D eigenvalue weighted by molar-refractivity contribution is 9.10. The lowest BCUT2D eigenvalue weighted by Crippen LogP contribution is -2.24. The Morgan fingerprint density at radius 1 is 1.31 bits per heavy atom. The Morgan fingerprint density at radius 3 is 2.54 bits per heavy atom. The van der Waals surface area contributed by atoms with Gasteiger partial charge in [0.25, 0.3) is 0 Å². The zero-order valence-electron chi connectivity index (χ0n) is 7.55. The second-order valence-corrected chi connectivity index (χ2v) is 4.45. The van der Waals surface area contributed by atoms with Gasteiger partial charge in [-0.2, -0.15) is 0 Å². The lowest BCUT2D eigenvalue weighted by atomic mass is 9.97. The van der Waals surface area contributed by atoms with Crippen LogP contribution in [0.25, 0.3) is 0 Å². The smallest absolute Gasteiger partial charge is 0.0500 e. The van der Waals surface area contributed by atoms with E-state index in [1.165, 1.54) is 5.56 Å². The molecule has 0 aliphatic carbocycles. The van der Waals surface area contributed by atoms with Crippen LogP contribution in [0.15, 0.2) is 28.7 Å². The predicted molar refractivity (Wildman–Crippen MR) is 57.2 cm³/mol. The van der Waals surface area contributed by atoms with Crippen molar-refractivity contribution in [2.75, 3.05) is 6.54 Å². The van der Waals surface area contributed by atoms with E-state index in [4.69, 9.17) is 0 Å². The molecule has 2 atom stereocenters. The summed E-state index contributed by atoms with van der Waals surface area (Å²) < 4.78 is 1.13. The predicted octanol–water partition coefficient (Wildman–Crippen LogP) is 2.23. The largest absolute Gasteiger partial charge is 0.257 e. The zero-order chi connectivity index (χ0) is 9.26. The molecule has 1 heterocycles. The number of rotatable bonds is 1.